The van der Waals surface area contributed by atoms with Crippen molar-refractivity contribution in [3.63, 3.8) is 0 Å². The molecule has 25 heavy (non-hydrogen) atoms. The topological polar surface area (TPSA) is 128 Å². The molecule has 8 heteroatoms. The summed E-state index contributed by atoms with van der Waals surface area (Å²) < 4.78 is 10.1. The van der Waals surface area contributed by atoms with Crippen LogP contribution in [0, 0.1) is 10.1 Å². The van der Waals surface area contributed by atoms with E-state index in [9.17, 15) is 10.1 Å². The minimum absolute atomic E-state index is 0. The van der Waals surface area contributed by atoms with Crippen molar-refractivity contribution in [3.8, 4) is 11.5 Å². The molecule has 8 nitrogen and oxygen atoms in total. The highest BCUT2D eigenvalue weighted by molar-refractivity contribution is 5.41. The summed E-state index contributed by atoms with van der Waals surface area (Å²) in [6.45, 7) is 0.475. The highest BCUT2D eigenvalue weighted by Crippen LogP contribution is 2.16. The van der Waals surface area contributed by atoms with Crippen LogP contribution < -0.4 is 15.2 Å². The summed E-state index contributed by atoms with van der Waals surface area (Å²) in [5.74, 6) is 1.24. The van der Waals surface area contributed by atoms with Crippen LogP contribution in [0.2, 0.25) is 0 Å². The van der Waals surface area contributed by atoms with Crippen molar-refractivity contribution >= 4 is 11.4 Å². The van der Waals surface area contributed by atoms with Crippen molar-refractivity contribution in [1.29, 1.82) is 0 Å². The van der Waals surface area contributed by atoms with Crippen LogP contribution in [0.1, 0.15) is 8.85 Å². The van der Waals surface area contributed by atoms with Crippen molar-refractivity contribution < 1.29 is 26.0 Å². The smallest absolute Gasteiger partial charge is 0.269 e. The first-order chi connectivity index (χ1) is 11.6. The molecule has 0 amide bonds. The predicted octanol–water partition coefficient (Wildman–Crippen LogP) is 2.49. The number of rotatable bonds is 7. The van der Waals surface area contributed by atoms with Crippen LogP contribution in [0.15, 0.2) is 48.5 Å². The first-order valence-electron chi connectivity index (χ1n) is 7.14. The summed E-state index contributed by atoms with van der Waals surface area (Å²) in [5, 5.41) is 27.1. The Hall–Kier alpha value is -2.84. The fourth-order valence-corrected chi connectivity index (χ4v) is 1.56. The molecule has 0 aliphatic carbocycles. The number of anilines is 1. The number of ether oxygens (including phenoxy) is 2. The minimum atomic E-state index is -0.476. The molecule has 0 fully saturated rings. The SMILES string of the molecule is C.Nc1ccc(OCCO)cc1.O=[N+]([O-])c1ccc(OCCO)cc1.[HH]. The monoisotopic (exact) mass is 354 g/mol. The van der Waals surface area contributed by atoms with Crippen molar-refractivity contribution in [2.75, 3.05) is 32.2 Å². The highest BCUT2D eigenvalue weighted by atomic mass is 16.6. The Labute approximate surface area is 148 Å². The summed E-state index contributed by atoms with van der Waals surface area (Å²) in [6.07, 6.45) is 0. The lowest BCUT2D eigenvalue weighted by Crippen LogP contribution is -2.01. The minimum Gasteiger partial charge on any atom is -0.491 e. The summed E-state index contributed by atoms with van der Waals surface area (Å²) in [5.41, 5.74) is 6.18. The molecular weight excluding hydrogens is 328 g/mol. The van der Waals surface area contributed by atoms with Crippen LogP contribution in [0.4, 0.5) is 11.4 Å². The molecule has 0 spiro atoms. The Balaban J connectivity index is 0. The summed E-state index contributed by atoms with van der Waals surface area (Å²) in [7, 11) is 0. The van der Waals surface area contributed by atoms with Gasteiger partial charge in [-0.2, -0.15) is 0 Å². The average Bonchev–Trinajstić information content (AvgIpc) is 2.60. The number of hydrogen-bond acceptors (Lipinski definition) is 7. The molecule has 0 aliphatic heterocycles. The number of nitro benzene ring substituents is 1. The van der Waals surface area contributed by atoms with Crippen molar-refractivity contribution in [2.24, 2.45) is 0 Å². The van der Waals surface area contributed by atoms with Gasteiger partial charge >= 0.3 is 0 Å². The molecule has 0 aromatic heterocycles. The van der Waals surface area contributed by atoms with Crippen LogP contribution in [-0.4, -0.2) is 41.6 Å². The zero-order chi connectivity index (χ0) is 17.8. The second-order valence-electron chi connectivity index (χ2n) is 4.46. The molecule has 0 heterocycles. The quantitative estimate of drug-likeness (QED) is 0.396. The Morgan fingerprint density at radius 1 is 0.920 bits per heavy atom. The normalized spacial score (nSPS) is 9.20. The largest absolute Gasteiger partial charge is 0.491 e. The fraction of sp³-hybridized carbons (Fsp3) is 0.294. The molecule has 0 atom stereocenters. The van der Waals surface area contributed by atoms with Gasteiger partial charge in [-0.1, -0.05) is 7.43 Å². The molecule has 0 saturated heterocycles. The van der Waals surface area contributed by atoms with Gasteiger partial charge in [0, 0.05) is 19.2 Å². The van der Waals surface area contributed by atoms with Crippen LogP contribution in [-0.2, 0) is 0 Å². The number of nitrogen functional groups attached to an aromatic ring is 1. The van der Waals surface area contributed by atoms with Gasteiger partial charge in [-0.05, 0) is 36.4 Å². The van der Waals surface area contributed by atoms with E-state index in [0.29, 0.717) is 18.0 Å². The zero-order valence-corrected chi connectivity index (χ0v) is 13.0. The average molecular weight is 354 g/mol. The lowest BCUT2D eigenvalue weighted by atomic mass is 10.3. The van der Waals surface area contributed by atoms with E-state index >= 15 is 0 Å². The molecule has 2 aromatic rings. The summed E-state index contributed by atoms with van der Waals surface area (Å²) in [4.78, 5) is 9.77. The van der Waals surface area contributed by atoms with E-state index < -0.39 is 4.92 Å². The Kier molecular flexibility index (Phi) is 11.1. The van der Waals surface area contributed by atoms with Gasteiger partial charge < -0.3 is 25.4 Å². The van der Waals surface area contributed by atoms with E-state index in [1.807, 2.05) is 0 Å². The Morgan fingerprint density at radius 2 is 1.32 bits per heavy atom. The molecule has 2 rings (SSSR count). The third-order valence-electron chi connectivity index (χ3n) is 2.65. The molecule has 0 saturated carbocycles. The van der Waals surface area contributed by atoms with E-state index in [-0.39, 0.29) is 34.4 Å². The van der Waals surface area contributed by atoms with Crippen LogP contribution >= 0.6 is 0 Å². The number of nitrogens with two attached hydrogens (primary N) is 1. The maximum atomic E-state index is 10.3. The lowest BCUT2D eigenvalue weighted by molar-refractivity contribution is -0.384. The van der Waals surface area contributed by atoms with E-state index in [4.69, 9.17) is 25.4 Å². The van der Waals surface area contributed by atoms with Gasteiger partial charge in [0.1, 0.15) is 24.7 Å². The van der Waals surface area contributed by atoms with E-state index in [1.165, 1.54) is 24.3 Å². The van der Waals surface area contributed by atoms with Gasteiger partial charge in [-0.3, -0.25) is 10.1 Å². The van der Waals surface area contributed by atoms with Crippen LogP contribution in [0.25, 0.3) is 0 Å². The van der Waals surface area contributed by atoms with Crippen LogP contribution in [0.3, 0.4) is 0 Å². The first kappa shape index (κ1) is 22.2. The van der Waals surface area contributed by atoms with Gasteiger partial charge in [-0.15, -0.1) is 0 Å². The van der Waals surface area contributed by atoms with Gasteiger partial charge in [0.2, 0.25) is 0 Å². The zero-order valence-electron chi connectivity index (χ0n) is 13.0. The van der Waals surface area contributed by atoms with Crippen molar-refractivity contribution in [2.45, 2.75) is 7.43 Å². The maximum absolute atomic E-state index is 10.3. The van der Waals surface area contributed by atoms with Crippen molar-refractivity contribution in [1.82, 2.24) is 0 Å². The Morgan fingerprint density at radius 3 is 1.68 bits per heavy atom. The standard InChI is InChI=1S/C8H9NO4.C8H11NO2.CH4.H2/c10-5-6-13-8-3-1-7(2-4-8)9(11)12;9-7-1-3-8(4-2-7)11-6-5-10;;/h1-4,10H,5-6H2;1-4,10H,5-6,9H2;1H4;1H. The molecule has 0 radical (unpaired) electrons. The second kappa shape index (κ2) is 12.6. The highest BCUT2D eigenvalue weighted by Gasteiger charge is 2.03. The number of non-ortho nitro benzene ring substituents is 1. The number of aliphatic hydroxyl groups excluding tert-OH is 2. The fourth-order valence-electron chi connectivity index (χ4n) is 1.56. The number of aliphatic hydroxyl groups is 2. The molecule has 4 N–H and O–H groups in total. The third kappa shape index (κ3) is 9.14. The number of nitro groups is 1. The summed E-state index contributed by atoms with van der Waals surface area (Å²) >= 11 is 0. The number of benzene rings is 2. The van der Waals surface area contributed by atoms with E-state index in [0.717, 1.165) is 5.75 Å². The number of hydrogen-bond donors (Lipinski definition) is 3. The van der Waals surface area contributed by atoms with Gasteiger partial charge in [0.15, 0.2) is 0 Å². The Bertz CT molecular complexity index is 608. The van der Waals surface area contributed by atoms with Gasteiger partial charge in [0.25, 0.3) is 5.69 Å². The molecule has 0 aliphatic rings. The van der Waals surface area contributed by atoms with Crippen LogP contribution in [0.5, 0.6) is 11.5 Å². The first-order valence-corrected chi connectivity index (χ1v) is 7.14. The number of nitrogens with zero attached hydrogens (tertiary/aromatic N) is 1. The van der Waals surface area contributed by atoms with Gasteiger partial charge in [-0.25, -0.2) is 0 Å². The molecular formula is C17H26N2O6. The molecule has 0 bridgehead atoms. The second-order valence-corrected chi connectivity index (χ2v) is 4.46. The molecule has 0 unspecified atom stereocenters. The lowest BCUT2D eigenvalue weighted by Gasteiger charge is -2.02. The van der Waals surface area contributed by atoms with E-state index in [2.05, 4.69) is 0 Å². The summed E-state index contributed by atoms with van der Waals surface area (Å²) in [6, 6.07) is 12.7. The van der Waals surface area contributed by atoms with Gasteiger partial charge in [0.05, 0.1) is 18.1 Å². The van der Waals surface area contributed by atoms with Crippen molar-refractivity contribution in [3.05, 3.63) is 58.6 Å². The maximum Gasteiger partial charge on any atom is 0.269 e. The van der Waals surface area contributed by atoms with E-state index in [1.54, 1.807) is 24.3 Å². The third-order valence-corrected chi connectivity index (χ3v) is 2.65. The molecule has 140 valence electrons. The molecule has 2 aromatic carbocycles. The predicted molar refractivity (Wildman–Crippen MR) is 98.0 cm³/mol.